The molecule has 4 aromatic heterocycles. The van der Waals surface area contributed by atoms with E-state index in [1.807, 2.05) is 0 Å². The van der Waals surface area contributed by atoms with E-state index in [0.29, 0.717) is 26.4 Å². The number of H-pyrrole nitrogens is 4. The molecule has 0 atom stereocenters. The maximum absolute atomic E-state index is 6.23. The van der Waals surface area contributed by atoms with Crippen LogP contribution in [-0.2, 0) is 0 Å². The van der Waals surface area contributed by atoms with Crippen LogP contribution >= 0.6 is 0 Å². The Balaban J connectivity index is 1.22. The molecule has 8 bridgehead atoms. The molecule has 4 aromatic carbocycles. The van der Waals surface area contributed by atoms with Gasteiger partial charge in [-0.15, -0.1) is 0 Å². The van der Waals surface area contributed by atoms with Crippen LogP contribution in [0.2, 0.25) is 0 Å². The van der Waals surface area contributed by atoms with Crippen molar-refractivity contribution in [3.63, 3.8) is 0 Å². The summed E-state index contributed by atoms with van der Waals surface area (Å²) in [5.74, 6) is 3.38. The van der Waals surface area contributed by atoms with Crippen molar-refractivity contribution in [2.24, 2.45) is 0 Å². The molecule has 76 heavy (non-hydrogen) atoms. The SMILES string of the molecule is CN(C)CCCOc1ccc(C2=c3ccc([nH]3)=C(c3ccc(OCCCN(C)C)cc3)c3ccc([nH]3)C(c3ccc(OCCCN(C)C)cc3)=c3ccc([nH]3)=C(c3ccc(OCCCN(C)C)cc3)c3ccc2[nH]3)cc1. The van der Waals surface area contributed by atoms with Crippen LogP contribution in [0.5, 0.6) is 23.0 Å². The molecule has 0 radical (unpaired) electrons. The number of nitrogens with one attached hydrogen (secondary N) is 4. The summed E-state index contributed by atoms with van der Waals surface area (Å²) in [5.41, 5.74) is 12.2. The summed E-state index contributed by atoms with van der Waals surface area (Å²) in [6, 6.07) is 51.5. The minimum Gasteiger partial charge on any atom is -0.494 e. The van der Waals surface area contributed by atoms with Gasteiger partial charge in [0.25, 0.3) is 0 Å². The summed E-state index contributed by atoms with van der Waals surface area (Å²) in [5, 5.41) is 3.87. The largest absolute Gasteiger partial charge is 0.494 e. The van der Waals surface area contributed by atoms with E-state index in [9.17, 15) is 0 Å². The third kappa shape index (κ3) is 13.7. The second-order valence-corrected chi connectivity index (χ2v) is 20.8. The molecule has 0 unspecified atom stereocenters. The Labute approximate surface area is 448 Å². The number of benzene rings is 4. The van der Waals surface area contributed by atoms with Crippen LogP contribution in [-0.4, -0.2) is 149 Å². The third-order valence-corrected chi connectivity index (χ3v) is 13.5. The van der Waals surface area contributed by atoms with Gasteiger partial charge in [-0.05, 0) is 201 Å². The van der Waals surface area contributed by atoms with Gasteiger partial charge in [-0.3, -0.25) is 0 Å². The van der Waals surface area contributed by atoms with Crippen LogP contribution in [0.25, 0.3) is 22.3 Å². The van der Waals surface area contributed by atoms with E-state index >= 15 is 0 Å². The highest BCUT2D eigenvalue weighted by Gasteiger charge is 2.19. The highest BCUT2D eigenvalue weighted by Crippen LogP contribution is 2.30. The molecule has 1 aliphatic heterocycles. The lowest BCUT2D eigenvalue weighted by Crippen LogP contribution is -2.19. The Bertz CT molecular complexity index is 2930. The van der Waals surface area contributed by atoms with Gasteiger partial charge >= 0.3 is 0 Å². The summed E-state index contributed by atoms with van der Waals surface area (Å²) < 4.78 is 24.9. The quantitative estimate of drug-likeness (QED) is 0.0458. The van der Waals surface area contributed by atoms with E-state index in [0.717, 1.165) is 164 Å². The number of ether oxygens (including phenoxy) is 4. The lowest BCUT2D eigenvalue weighted by Gasteiger charge is -2.13. The van der Waals surface area contributed by atoms with Gasteiger partial charge in [0.05, 0.1) is 26.4 Å². The topological polar surface area (TPSA) is 113 Å². The Kier molecular flexibility index (Phi) is 17.8. The van der Waals surface area contributed by atoms with Crippen molar-refractivity contribution in [2.45, 2.75) is 25.7 Å². The maximum Gasteiger partial charge on any atom is 0.119 e. The van der Waals surface area contributed by atoms with Crippen LogP contribution in [0.3, 0.4) is 0 Å². The number of aromatic nitrogens is 4. The summed E-state index contributed by atoms with van der Waals surface area (Å²) in [7, 11) is 16.7. The normalized spacial score (nSPS) is 12.7. The van der Waals surface area contributed by atoms with Crippen LogP contribution in [0.4, 0.5) is 0 Å². The van der Waals surface area contributed by atoms with Crippen LogP contribution in [0.15, 0.2) is 146 Å². The van der Waals surface area contributed by atoms with E-state index in [1.165, 1.54) is 0 Å². The van der Waals surface area contributed by atoms with Crippen molar-refractivity contribution in [1.29, 1.82) is 0 Å². The number of hydrogen-bond donors (Lipinski definition) is 4. The van der Waals surface area contributed by atoms with Crippen molar-refractivity contribution in [3.05, 3.63) is 212 Å². The third-order valence-electron chi connectivity index (χ3n) is 13.5. The standard InChI is InChI=1S/C64H76N8O4/c1-69(2)37-9-41-73-49-21-13-45(14-22-49)61-53-29-31-55(65-53)62(46-15-23-50(24-16-46)74-42-10-38-70(3)4)57-33-35-59(67-57)64(48-19-27-52(28-20-48)76-44-12-40-72(7)8)60-36-34-58(68-60)63(56-32-30-54(61)66-56)47-17-25-51(26-18-47)75-43-11-39-71(5)6/h13-36,65-68H,9-12,37-44H2,1-8H3. The molecule has 0 fully saturated rings. The average Bonchev–Trinajstić information content (AvgIpc) is 4.27. The first-order valence-corrected chi connectivity index (χ1v) is 26.7. The highest BCUT2D eigenvalue weighted by atomic mass is 16.5. The maximum atomic E-state index is 6.23. The molecule has 396 valence electrons. The van der Waals surface area contributed by atoms with Crippen molar-refractivity contribution in [3.8, 4) is 23.0 Å². The van der Waals surface area contributed by atoms with Gasteiger partial charge in [-0.2, -0.15) is 0 Å². The number of aromatic amines is 4. The number of hydrogen-bond acceptors (Lipinski definition) is 8. The van der Waals surface area contributed by atoms with Crippen molar-refractivity contribution >= 4 is 22.3 Å². The van der Waals surface area contributed by atoms with Gasteiger partial charge in [0.1, 0.15) is 23.0 Å². The smallest absolute Gasteiger partial charge is 0.119 e. The molecular weight excluding hydrogens is 945 g/mol. The highest BCUT2D eigenvalue weighted by molar-refractivity contribution is 5.85. The number of rotatable bonds is 24. The number of fused-ring (bicyclic) bond motifs is 8. The van der Waals surface area contributed by atoms with Gasteiger partial charge in [0.15, 0.2) is 0 Å². The minimum atomic E-state index is 0.650. The molecule has 4 N–H and O–H groups in total. The molecule has 12 heteroatoms. The Morgan fingerprint density at radius 1 is 0.263 bits per heavy atom. The molecule has 1 aliphatic rings. The molecule has 0 saturated carbocycles. The molecule has 0 spiro atoms. The molecule has 0 aliphatic carbocycles. The predicted octanol–water partition coefficient (Wildman–Crippen LogP) is 7.62. The van der Waals surface area contributed by atoms with Gasteiger partial charge in [0.2, 0.25) is 0 Å². The van der Waals surface area contributed by atoms with Crippen LogP contribution in [0.1, 0.15) is 70.7 Å². The summed E-state index contributed by atoms with van der Waals surface area (Å²) in [6.07, 6.45) is 3.79. The number of nitrogens with zero attached hydrogens (tertiary/aromatic N) is 4. The van der Waals surface area contributed by atoms with Gasteiger partial charge in [-0.25, -0.2) is 0 Å². The van der Waals surface area contributed by atoms with Crippen LogP contribution in [0, 0.1) is 0 Å². The first-order chi connectivity index (χ1) is 36.9. The monoisotopic (exact) mass is 1020 g/mol. The van der Waals surface area contributed by atoms with Crippen molar-refractivity contribution in [1.82, 2.24) is 39.5 Å². The van der Waals surface area contributed by atoms with Crippen LogP contribution < -0.4 is 40.3 Å². The Morgan fingerprint density at radius 2 is 0.474 bits per heavy atom. The van der Waals surface area contributed by atoms with Crippen molar-refractivity contribution in [2.75, 3.05) is 109 Å². The first kappa shape index (κ1) is 53.3. The van der Waals surface area contributed by atoms with E-state index in [-0.39, 0.29) is 0 Å². The molecule has 0 saturated heterocycles. The van der Waals surface area contributed by atoms with E-state index in [4.69, 9.17) is 18.9 Å². The predicted molar refractivity (Wildman–Crippen MR) is 309 cm³/mol. The minimum absolute atomic E-state index is 0.650. The fraction of sp³-hybridized carbons (Fsp3) is 0.312. The zero-order valence-electron chi connectivity index (χ0n) is 45.8. The zero-order valence-corrected chi connectivity index (χ0v) is 45.8. The second kappa shape index (κ2) is 25.4. The average molecular weight is 1020 g/mol. The molecule has 5 heterocycles. The zero-order chi connectivity index (χ0) is 53.0. The van der Waals surface area contributed by atoms with Crippen molar-refractivity contribution < 1.29 is 18.9 Å². The van der Waals surface area contributed by atoms with Gasteiger partial charge < -0.3 is 58.5 Å². The van der Waals surface area contributed by atoms with E-state index in [1.54, 1.807) is 0 Å². The summed E-state index contributed by atoms with van der Waals surface area (Å²) in [6.45, 7) is 6.48. The molecule has 9 rings (SSSR count). The summed E-state index contributed by atoms with van der Waals surface area (Å²) >= 11 is 0. The molecule has 12 nitrogen and oxygen atoms in total. The lowest BCUT2D eigenvalue weighted by atomic mass is 10.0. The molecule has 0 amide bonds. The van der Waals surface area contributed by atoms with Gasteiger partial charge in [-0.1, -0.05) is 48.5 Å². The van der Waals surface area contributed by atoms with E-state index in [2.05, 4.69) is 242 Å². The second-order valence-electron chi connectivity index (χ2n) is 20.8. The van der Waals surface area contributed by atoms with E-state index < -0.39 is 0 Å². The fourth-order valence-corrected chi connectivity index (χ4v) is 9.73. The lowest BCUT2D eigenvalue weighted by molar-refractivity contribution is 0.281. The fourth-order valence-electron chi connectivity index (χ4n) is 9.73. The summed E-state index contributed by atoms with van der Waals surface area (Å²) in [4.78, 5) is 24.5. The Hall–Kier alpha value is -7.48. The Morgan fingerprint density at radius 3 is 0.671 bits per heavy atom. The first-order valence-electron chi connectivity index (χ1n) is 26.7. The molecule has 8 aromatic rings. The van der Waals surface area contributed by atoms with Gasteiger partial charge in [0, 0.05) is 92.6 Å². The molecular formula is C64H76N8O4.